The van der Waals surface area contributed by atoms with Gasteiger partial charge in [-0.3, -0.25) is 4.79 Å². The van der Waals surface area contributed by atoms with Gasteiger partial charge in [0.2, 0.25) is 5.91 Å². The van der Waals surface area contributed by atoms with E-state index in [4.69, 9.17) is 5.11 Å². The molecule has 6 nitrogen and oxygen atoms in total. The number of aliphatic carboxylic acids is 1. The molecule has 0 heterocycles. The molecule has 0 fully saturated rings. The lowest BCUT2D eigenvalue weighted by atomic mass is 10.0. The number of amides is 1. The zero-order valence-electron chi connectivity index (χ0n) is 14.3. The number of aryl methyl sites for hydroxylation is 1. The van der Waals surface area contributed by atoms with E-state index in [-0.39, 0.29) is 28.9 Å². The second kappa shape index (κ2) is 8.82. The number of carbonyl (C=O) groups is 2. The van der Waals surface area contributed by atoms with Crippen molar-refractivity contribution in [2.24, 2.45) is 5.92 Å². The Hall–Kier alpha value is -1.89. The minimum Gasteiger partial charge on any atom is -0.480 e. The topological polar surface area (TPSA) is 101 Å². The van der Waals surface area contributed by atoms with Crippen molar-refractivity contribution in [3.05, 3.63) is 29.8 Å². The summed E-state index contributed by atoms with van der Waals surface area (Å²) in [4.78, 5) is 23.3. The molecule has 0 spiro atoms. The fraction of sp³-hybridized carbons (Fsp3) is 0.529. The second-order valence-electron chi connectivity index (χ2n) is 6.14. The van der Waals surface area contributed by atoms with Gasteiger partial charge in [-0.2, -0.15) is 0 Å². The zero-order valence-corrected chi connectivity index (χ0v) is 15.1. The molecule has 0 saturated heterocycles. The molecule has 0 bridgehead atoms. The maximum atomic E-state index is 11.9. The summed E-state index contributed by atoms with van der Waals surface area (Å²) >= 11 is 0. The molecular weight excluding hydrogens is 330 g/mol. The first kappa shape index (κ1) is 20.2. The van der Waals surface area contributed by atoms with E-state index in [1.165, 1.54) is 12.1 Å². The SMILES string of the molecule is CCS(=O)(=O)c1ccc(CCC(=O)N[C@@H](CC(C)C)C(=O)O)cc1. The quantitative estimate of drug-likeness (QED) is 0.706. The highest BCUT2D eigenvalue weighted by Gasteiger charge is 2.20. The van der Waals surface area contributed by atoms with Crippen molar-refractivity contribution >= 4 is 21.7 Å². The van der Waals surface area contributed by atoms with E-state index >= 15 is 0 Å². The molecule has 0 radical (unpaired) electrons. The third-order valence-electron chi connectivity index (χ3n) is 3.64. The number of hydrogen-bond acceptors (Lipinski definition) is 4. The van der Waals surface area contributed by atoms with E-state index < -0.39 is 21.8 Å². The van der Waals surface area contributed by atoms with Crippen molar-refractivity contribution in [2.75, 3.05) is 5.75 Å². The van der Waals surface area contributed by atoms with Gasteiger partial charge in [-0.05, 0) is 36.5 Å². The van der Waals surface area contributed by atoms with Crippen LogP contribution >= 0.6 is 0 Å². The summed E-state index contributed by atoms with van der Waals surface area (Å²) in [5.74, 6) is -1.15. The van der Waals surface area contributed by atoms with E-state index in [1.54, 1.807) is 19.1 Å². The first-order chi connectivity index (χ1) is 11.2. The molecule has 0 aliphatic heterocycles. The summed E-state index contributed by atoms with van der Waals surface area (Å²) in [5.41, 5.74) is 0.830. The number of hydrogen-bond donors (Lipinski definition) is 2. The zero-order chi connectivity index (χ0) is 18.3. The fourth-order valence-corrected chi connectivity index (χ4v) is 3.13. The predicted molar refractivity (Wildman–Crippen MR) is 91.5 cm³/mol. The number of sulfone groups is 1. The lowest BCUT2D eigenvalue weighted by Crippen LogP contribution is -2.41. The van der Waals surface area contributed by atoms with Crippen molar-refractivity contribution < 1.29 is 23.1 Å². The Morgan fingerprint density at radius 2 is 1.75 bits per heavy atom. The van der Waals surface area contributed by atoms with Crippen molar-refractivity contribution in [1.29, 1.82) is 0 Å². The van der Waals surface area contributed by atoms with Gasteiger partial charge < -0.3 is 10.4 Å². The Balaban J connectivity index is 2.59. The van der Waals surface area contributed by atoms with E-state index in [2.05, 4.69) is 5.32 Å². The summed E-state index contributed by atoms with van der Waals surface area (Å²) < 4.78 is 23.5. The molecule has 0 aromatic heterocycles. The highest BCUT2D eigenvalue weighted by atomic mass is 32.2. The second-order valence-corrected chi connectivity index (χ2v) is 8.41. The summed E-state index contributed by atoms with van der Waals surface area (Å²) in [5, 5.41) is 11.6. The molecule has 0 unspecified atom stereocenters. The fourth-order valence-electron chi connectivity index (χ4n) is 2.25. The first-order valence-corrected chi connectivity index (χ1v) is 9.64. The van der Waals surface area contributed by atoms with Crippen LogP contribution in [0.4, 0.5) is 0 Å². The van der Waals surface area contributed by atoms with Gasteiger partial charge in [0.15, 0.2) is 9.84 Å². The molecule has 0 aliphatic carbocycles. The number of benzene rings is 1. The highest BCUT2D eigenvalue weighted by molar-refractivity contribution is 7.91. The predicted octanol–water partition coefficient (Wildman–Crippen LogP) is 2.03. The van der Waals surface area contributed by atoms with E-state index in [0.717, 1.165) is 5.56 Å². The van der Waals surface area contributed by atoms with Crippen LogP contribution in [0.3, 0.4) is 0 Å². The van der Waals surface area contributed by atoms with Crippen LogP contribution in [-0.2, 0) is 25.8 Å². The molecule has 134 valence electrons. The third kappa shape index (κ3) is 6.31. The Morgan fingerprint density at radius 3 is 2.21 bits per heavy atom. The minimum absolute atomic E-state index is 0.0428. The number of carboxylic acids is 1. The van der Waals surface area contributed by atoms with Crippen LogP contribution in [0.15, 0.2) is 29.2 Å². The molecular formula is C17H25NO5S. The van der Waals surface area contributed by atoms with Crippen molar-refractivity contribution in [3.63, 3.8) is 0 Å². The van der Waals surface area contributed by atoms with Crippen LogP contribution in [0.5, 0.6) is 0 Å². The van der Waals surface area contributed by atoms with Gasteiger partial charge in [-0.1, -0.05) is 32.9 Å². The Labute approximate surface area is 143 Å². The average Bonchev–Trinajstić information content (AvgIpc) is 2.52. The maximum Gasteiger partial charge on any atom is 0.326 e. The summed E-state index contributed by atoms with van der Waals surface area (Å²) in [6.07, 6.45) is 0.957. The van der Waals surface area contributed by atoms with Crippen molar-refractivity contribution in [2.45, 2.75) is 51.0 Å². The third-order valence-corrected chi connectivity index (χ3v) is 5.39. The van der Waals surface area contributed by atoms with Gasteiger partial charge in [0, 0.05) is 6.42 Å². The van der Waals surface area contributed by atoms with Crippen LogP contribution < -0.4 is 5.32 Å². The summed E-state index contributed by atoms with van der Waals surface area (Å²) in [6.45, 7) is 5.38. The van der Waals surface area contributed by atoms with Crippen LogP contribution in [0.25, 0.3) is 0 Å². The van der Waals surface area contributed by atoms with Gasteiger partial charge in [-0.15, -0.1) is 0 Å². The van der Waals surface area contributed by atoms with E-state index in [1.807, 2.05) is 13.8 Å². The van der Waals surface area contributed by atoms with Gasteiger partial charge in [0.1, 0.15) is 6.04 Å². The van der Waals surface area contributed by atoms with Gasteiger partial charge in [-0.25, -0.2) is 13.2 Å². The van der Waals surface area contributed by atoms with Gasteiger partial charge in [0.25, 0.3) is 0 Å². The standard InChI is InChI=1S/C17H25NO5S/c1-4-24(22,23)14-8-5-13(6-9-14)7-10-16(19)18-15(17(20)21)11-12(2)3/h5-6,8-9,12,15H,4,7,10-11H2,1-3H3,(H,18,19)(H,20,21)/t15-/m0/s1. The molecule has 0 saturated carbocycles. The number of carboxylic acid groups (broad SMARTS) is 1. The number of rotatable bonds is 9. The lowest BCUT2D eigenvalue weighted by Gasteiger charge is -2.16. The average molecular weight is 355 g/mol. The van der Waals surface area contributed by atoms with Crippen molar-refractivity contribution in [3.8, 4) is 0 Å². The molecule has 1 amide bonds. The van der Waals surface area contributed by atoms with E-state index in [9.17, 15) is 18.0 Å². The smallest absolute Gasteiger partial charge is 0.326 e. The molecule has 24 heavy (non-hydrogen) atoms. The largest absolute Gasteiger partial charge is 0.480 e. The number of nitrogens with one attached hydrogen (secondary N) is 1. The van der Waals surface area contributed by atoms with Crippen LogP contribution in [0.2, 0.25) is 0 Å². The normalized spacial score (nSPS) is 12.8. The molecule has 2 N–H and O–H groups in total. The minimum atomic E-state index is -3.23. The molecule has 1 aromatic carbocycles. The number of carbonyl (C=O) groups excluding carboxylic acids is 1. The van der Waals surface area contributed by atoms with Gasteiger partial charge in [0.05, 0.1) is 10.6 Å². The summed E-state index contributed by atoms with van der Waals surface area (Å²) in [6, 6.07) is 5.54. The molecule has 1 rings (SSSR count). The monoisotopic (exact) mass is 355 g/mol. The maximum absolute atomic E-state index is 11.9. The Morgan fingerprint density at radius 1 is 1.17 bits per heavy atom. The molecule has 1 atom stereocenters. The summed E-state index contributed by atoms with van der Waals surface area (Å²) in [7, 11) is -3.23. The highest BCUT2D eigenvalue weighted by Crippen LogP contribution is 2.13. The Kier molecular flexibility index (Phi) is 7.41. The van der Waals surface area contributed by atoms with E-state index in [0.29, 0.717) is 12.8 Å². The van der Waals surface area contributed by atoms with Crippen molar-refractivity contribution in [1.82, 2.24) is 5.32 Å². The first-order valence-electron chi connectivity index (χ1n) is 7.99. The van der Waals surface area contributed by atoms with Crippen LogP contribution in [0, 0.1) is 5.92 Å². The molecule has 7 heteroatoms. The van der Waals surface area contributed by atoms with Crippen LogP contribution in [0.1, 0.15) is 39.2 Å². The lowest BCUT2D eigenvalue weighted by molar-refractivity contribution is -0.142. The van der Waals surface area contributed by atoms with Gasteiger partial charge >= 0.3 is 5.97 Å². The Bertz CT molecular complexity index is 665. The molecule has 1 aromatic rings. The van der Waals surface area contributed by atoms with Crippen LogP contribution in [-0.4, -0.2) is 37.2 Å². The molecule has 0 aliphatic rings.